The first-order valence-electron chi connectivity index (χ1n) is 11.4. The molecule has 0 N–H and O–H groups in total. The van der Waals surface area contributed by atoms with Crippen LogP contribution in [0, 0.1) is 6.92 Å². The third-order valence-corrected chi connectivity index (χ3v) is 6.05. The Bertz CT molecular complexity index is 1330. The highest BCUT2D eigenvalue weighted by Gasteiger charge is 2.30. The van der Waals surface area contributed by atoms with Crippen LogP contribution in [-0.2, 0) is 0 Å². The van der Waals surface area contributed by atoms with E-state index in [9.17, 15) is 0 Å². The molecule has 4 aromatic carbocycles. The summed E-state index contributed by atoms with van der Waals surface area (Å²) in [7, 11) is 1.70. The molecule has 1 heterocycles. The molecule has 0 amide bonds. The van der Waals surface area contributed by atoms with E-state index >= 15 is 0 Å². The Labute approximate surface area is 201 Å². The molecule has 0 aromatic heterocycles. The van der Waals surface area contributed by atoms with Gasteiger partial charge in [-0.05, 0) is 67.0 Å². The van der Waals surface area contributed by atoms with Crippen molar-refractivity contribution in [1.29, 1.82) is 0 Å². The molecule has 0 fully saturated rings. The Balaban J connectivity index is 1.55. The first-order valence-corrected chi connectivity index (χ1v) is 11.4. The molecular weight excluding hydrogens is 417 g/mol. The summed E-state index contributed by atoms with van der Waals surface area (Å²) in [6.07, 6.45) is 4.31. The fourth-order valence-electron chi connectivity index (χ4n) is 4.35. The zero-order chi connectivity index (χ0) is 23.3. The molecule has 34 heavy (non-hydrogen) atoms. The topological polar surface area (TPSA) is 21.7 Å². The maximum atomic E-state index is 6.03. The van der Waals surface area contributed by atoms with Gasteiger partial charge in [0.1, 0.15) is 17.2 Å². The molecular formula is C30H26BNO2. The van der Waals surface area contributed by atoms with E-state index in [1.165, 1.54) is 11.0 Å². The van der Waals surface area contributed by atoms with Crippen molar-refractivity contribution in [2.75, 3.05) is 11.9 Å². The van der Waals surface area contributed by atoms with E-state index in [4.69, 9.17) is 9.47 Å². The van der Waals surface area contributed by atoms with Crippen molar-refractivity contribution in [3.8, 4) is 17.2 Å². The van der Waals surface area contributed by atoms with Crippen molar-refractivity contribution >= 4 is 23.7 Å². The Morgan fingerprint density at radius 3 is 2.18 bits per heavy atom. The van der Waals surface area contributed by atoms with Gasteiger partial charge in [-0.1, -0.05) is 72.2 Å². The summed E-state index contributed by atoms with van der Waals surface area (Å²) in [4.78, 5) is 2.38. The van der Waals surface area contributed by atoms with Crippen LogP contribution >= 0.6 is 0 Å². The molecule has 4 heteroatoms. The average Bonchev–Trinajstić information content (AvgIpc) is 2.90. The summed E-state index contributed by atoms with van der Waals surface area (Å²) in [6, 6.07) is 34.9. The van der Waals surface area contributed by atoms with Crippen molar-refractivity contribution in [2.45, 2.75) is 6.92 Å². The Morgan fingerprint density at radius 1 is 0.706 bits per heavy atom. The Hall–Kier alpha value is -4.18. The molecule has 0 saturated carbocycles. The molecule has 0 aliphatic carbocycles. The number of hydrogen-bond acceptors (Lipinski definition) is 3. The van der Waals surface area contributed by atoms with Crippen LogP contribution in [0.3, 0.4) is 0 Å². The predicted molar refractivity (Wildman–Crippen MR) is 142 cm³/mol. The van der Waals surface area contributed by atoms with Gasteiger partial charge in [-0.3, -0.25) is 0 Å². The van der Waals surface area contributed by atoms with E-state index in [0.717, 1.165) is 34.2 Å². The summed E-state index contributed by atoms with van der Waals surface area (Å²) < 4.78 is 11.5. The lowest BCUT2D eigenvalue weighted by Crippen LogP contribution is -2.48. The number of aryl methyl sites for hydroxylation is 1. The SMILES string of the molecule is COc1cccc(C2=CC=CB(c3ccccc3C)N2c2ccc(Oc3ccccc3)cc2)c1. The van der Waals surface area contributed by atoms with Gasteiger partial charge in [-0.15, -0.1) is 0 Å². The normalized spacial score (nSPS) is 12.9. The van der Waals surface area contributed by atoms with Crippen LogP contribution in [0.4, 0.5) is 5.69 Å². The van der Waals surface area contributed by atoms with Crippen LogP contribution in [-0.4, -0.2) is 14.0 Å². The number of hydrogen-bond donors (Lipinski definition) is 0. The minimum atomic E-state index is 0.0632. The van der Waals surface area contributed by atoms with E-state index in [0.29, 0.717) is 0 Å². The van der Waals surface area contributed by atoms with Crippen LogP contribution in [0.2, 0.25) is 0 Å². The van der Waals surface area contributed by atoms with E-state index < -0.39 is 0 Å². The minimum absolute atomic E-state index is 0.0632. The quantitative estimate of drug-likeness (QED) is 0.312. The molecule has 0 radical (unpaired) electrons. The van der Waals surface area contributed by atoms with Gasteiger partial charge in [0.15, 0.2) is 0 Å². The summed E-state index contributed by atoms with van der Waals surface area (Å²) in [5.41, 5.74) is 5.85. The highest BCUT2D eigenvalue weighted by molar-refractivity contribution is 6.83. The highest BCUT2D eigenvalue weighted by Crippen LogP contribution is 2.33. The molecule has 0 atom stereocenters. The molecule has 166 valence electrons. The maximum Gasteiger partial charge on any atom is 0.320 e. The molecule has 3 nitrogen and oxygen atoms in total. The highest BCUT2D eigenvalue weighted by atomic mass is 16.5. The Kier molecular flexibility index (Phi) is 6.22. The molecule has 0 unspecified atom stereocenters. The largest absolute Gasteiger partial charge is 0.497 e. The van der Waals surface area contributed by atoms with Gasteiger partial charge in [-0.25, -0.2) is 0 Å². The van der Waals surface area contributed by atoms with Gasteiger partial charge in [0.2, 0.25) is 0 Å². The van der Waals surface area contributed by atoms with Crippen molar-refractivity contribution in [2.24, 2.45) is 0 Å². The zero-order valence-corrected chi connectivity index (χ0v) is 19.4. The van der Waals surface area contributed by atoms with Crippen molar-refractivity contribution in [3.63, 3.8) is 0 Å². The second kappa shape index (κ2) is 9.76. The lowest BCUT2D eigenvalue weighted by molar-refractivity contribution is 0.414. The van der Waals surface area contributed by atoms with Crippen molar-refractivity contribution in [1.82, 2.24) is 0 Å². The van der Waals surface area contributed by atoms with Gasteiger partial charge >= 0.3 is 6.85 Å². The predicted octanol–water partition coefficient (Wildman–Crippen LogP) is 6.65. The van der Waals surface area contributed by atoms with E-state index in [-0.39, 0.29) is 6.85 Å². The van der Waals surface area contributed by atoms with Gasteiger partial charge in [0.05, 0.1) is 7.11 Å². The molecule has 5 rings (SSSR count). The van der Waals surface area contributed by atoms with Gasteiger partial charge in [0.25, 0.3) is 0 Å². The fourth-order valence-corrected chi connectivity index (χ4v) is 4.35. The summed E-state index contributed by atoms with van der Waals surface area (Å²) in [5, 5.41) is 0. The standard InChI is InChI=1S/C30H26BNO2/c1-23-10-6-7-15-29(23)31-21-9-16-30(24-11-8-14-28(22-24)33-2)32(31)25-17-19-27(20-18-25)34-26-12-4-3-5-13-26/h3-22H,1-2H3. The zero-order valence-electron chi connectivity index (χ0n) is 19.4. The number of anilines is 1. The molecule has 1 aliphatic heterocycles. The van der Waals surface area contributed by atoms with E-state index in [2.05, 4.69) is 78.4 Å². The second-order valence-corrected chi connectivity index (χ2v) is 8.25. The van der Waals surface area contributed by atoms with Crippen molar-refractivity contribution in [3.05, 3.63) is 132 Å². The van der Waals surface area contributed by atoms with Gasteiger partial charge < -0.3 is 14.3 Å². The van der Waals surface area contributed by atoms with Gasteiger partial charge in [0, 0.05) is 16.9 Å². The summed E-state index contributed by atoms with van der Waals surface area (Å²) in [6.45, 7) is 2.23. The van der Waals surface area contributed by atoms with Crippen LogP contribution in [0.25, 0.3) is 5.70 Å². The minimum Gasteiger partial charge on any atom is -0.497 e. The average molecular weight is 443 g/mol. The number of benzene rings is 4. The Morgan fingerprint density at radius 2 is 1.41 bits per heavy atom. The molecule has 0 spiro atoms. The molecule has 0 saturated heterocycles. The lowest BCUT2D eigenvalue weighted by Gasteiger charge is -2.35. The van der Waals surface area contributed by atoms with Crippen LogP contribution in [0.15, 0.2) is 121 Å². The number of rotatable bonds is 6. The van der Waals surface area contributed by atoms with Crippen LogP contribution in [0.5, 0.6) is 17.2 Å². The number of allylic oxidation sites excluding steroid dienone is 2. The van der Waals surface area contributed by atoms with Crippen LogP contribution < -0.4 is 19.7 Å². The fraction of sp³-hybridized carbons (Fsp3) is 0.0667. The lowest BCUT2D eigenvalue weighted by atomic mass is 9.51. The molecule has 4 aromatic rings. The third kappa shape index (κ3) is 4.48. The first-order chi connectivity index (χ1) is 16.7. The van der Waals surface area contributed by atoms with Crippen molar-refractivity contribution < 1.29 is 9.47 Å². The smallest absolute Gasteiger partial charge is 0.320 e. The van der Waals surface area contributed by atoms with E-state index in [1.807, 2.05) is 54.6 Å². The van der Waals surface area contributed by atoms with E-state index in [1.54, 1.807) is 7.11 Å². The summed E-state index contributed by atoms with van der Waals surface area (Å²) in [5.74, 6) is 4.72. The number of nitrogens with zero attached hydrogens (tertiary/aromatic N) is 1. The molecule has 0 bridgehead atoms. The van der Waals surface area contributed by atoms with Gasteiger partial charge in [-0.2, -0.15) is 0 Å². The monoisotopic (exact) mass is 443 g/mol. The second-order valence-electron chi connectivity index (χ2n) is 8.25. The van der Waals surface area contributed by atoms with Crippen LogP contribution in [0.1, 0.15) is 11.1 Å². The number of ether oxygens (including phenoxy) is 2. The first kappa shape index (κ1) is 21.7. The maximum absolute atomic E-state index is 6.03. The number of para-hydroxylation sites is 1. The third-order valence-electron chi connectivity index (χ3n) is 6.05. The molecule has 1 aliphatic rings. The summed E-state index contributed by atoms with van der Waals surface area (Å²) >= 11 is 0. The number of methoxy groups -OCH3 is 1.